The fourth-order valence-corrected chi connectivity index (χ4v) is 4.03. The number of rotatable bonds is 3. The fourth-order valence-electron chi connectivity index (χ4n) is 2.16. The minimum absolute atomic E-state index is 0.0648. The van der Waals surface area contributed by atoms with E-state index in [0.717, 1.165) is 5.56 Å². The molecule has 2 rings (SSSR count). The van der Waals surface area contributed by atoms with Gasteiger partial charge in [-0.25, -0.2) is 12.8 Å². The van der Waals surface area contributed by atoms with E-state index in [1.165, 1.54) is 12.1 Å². The molecule has 0 radical (unpaired) electrons. The molecule has 0 bridgehead atoms. The van der Waals surface area contributed by atoms with Crippen molar-refractivity contribution in [1.29, 1.82) is 0 Å². The second-order valence-corrected chi connectivity index (χ2v) is 6.79. The molecule has 0 aliphatic carbocycles. The molecule has 0 aromatic heterocycles. The van der Waals surface area contributed by atoms with Gasteiger partial charge in [0, 0.05) is 5.92 Å². The topological polar surface area (TPSA) is 54.4 Å². The van der Waals surface area contributed by atoms with Crippen molar-refractivity contribution in [3.05, 3.63) is 35.6 Å². The minimum atomic E-state index is -2.96. The van der Waals surface area contributed by atoms with Crippen LogP contribution in [0.15, 0.2) is 24.3 Å². The van der Waals surface area contributed by atoms with Crippen LogP contribution in [0.25, 0.3) is 0 Å². The molecule has 1 heterocycles. The molecule has 1 fully saturated rings. The number of benzene rings is 1. The normalized spacial score (nSPS) is 24.7. The van der Waals surface area contributed by atoms with Crippen molar-refractivity contribution in [3.63, 3.8) is 0 Å². The van der Waals surface area contributed by atoms with E-state index in [-0.39, 0.29) is 23.2 Å². The van der Waals surface area contributed by atoms with Gasteiger partial charge in [-0.3, -0.25) is 0 Å². The van der Waals surface area contributed by atoms with Gasteiger partial charge in [0.2, 0.25) is 0 Å². The maximum atomic E-state index is 12.7. The summed E-state index contributed by atoms with van der Waals surface area (Å²) in [7, 11) is -2.96. The van der Waals surface area contributed by atoms with Gasteiger partial charge in [-0.1, -0.05) is 12.1 Å². The van der Waals surface area contributed by atoms with Crippen molar-refractivity contribution in [3.8, 4) is 0 Å². The summed E-state index contributed by atoms with van der Waals surface area (Å²) in [6.45, 7) is 0. The lowest BCUT2D eigenvalue weighted by Gasteiger charge is -2.16. The van der Waals surface area contributed by atoms with Gasteiger partial charge < -0.3 is 5.11 Å². The van der Waals surface area contributed by atoms with Gasteiger partial charge in [0.15, 0.2) is 9.84 Å². The van der Waals surface area contributed by atoms with E-state index in [0.29, 0.717) is 12.8 Å². The first-order valence-corrected chi connectivity index (χ1v) is 7.41. The summed E-state index contributed by atoms with van der Waals surface area (Å²) in [5, 5.41) is 9.95. The lowest BCUT2D eigenvalue weighted by Crippen LogP contribution is -2.23. The van der Waals surface area contributed by atoms with E-state index in [2.05, 4.69) is 0 Å². The largest absolute Gasteiger partial charge is 0.392 e. The Morgan fingerprint density at radius 1 is 1.35 bits per heavy atom. The van der Waals surface area contributed by atoms with Crippen LogP contribution < -0.4 is 0 Å². The first kappa shape index (κ1) is 12.5. The standard InChI is InChI=1S/C12H15FO3S/c13-11-3-1-9(2-4-11)7-12(14)10-5-6-17(15,16)8-10/h1-4,10,12,14H,5-8H2. The van der Waals surface area contributed by atoms with Crippen LogP contribution in [0.1, 0.15) is 12.0 Å². The molecular formula is C12H15FO3S. The molecule has 1 aliphatic rings. The highest BCUT2D eigenvalue weighted by atomic mass is 32.2. The Balaban J connectivity index is 1.98. The molecule has 5 heteroatoms. The van der Waals surface area contributed by atoms with E-state index in [1.54, 1.807) is 12.1 Å². The van der Waals surface area contributed by atoms with Crippen molar-refractivity contribution in [2.24, 2.45) is 5.92 Å². The van der Waals surface area contributed by atoms with Crippen molar-refractivity contribution < 1.29 is 17.9 Å². The van der Waals surface area contributed by atoms with Crippen LogP contribution in [0.5, 0.6) is 0 Å². The SMILES string of the molecule is O=S1(=O)CCC(C(O)Cc2ccc(F)cc2)C1. The van der Waals surface area contributed by atoms with Gasteiger partial charge in [-0.2, -0.15) is 0 Å². The zero-order valence-corrected chi connectivity index (χ0v) is 10.2. The molecule has 0 saturated carbocycles. The Labute approximate surface area is 100 Å². The third-order valence-corrected chi connectivity index (χ3v) is 4.96. The summed E-state index contributed by atoms with van der Waals surface area (Å²) in [6, 6.07) is 5.91. The van der Waals surface area contributed by atoms with E-state index in [9.17, 15) is 17.9 Å². The van der Waals surface area contributed by atoms with E-state index < -0.39 is 15.9 Å². The fraction of sp³-hybridized carbons (Fsp3) is 0.500. The highest BCUT2D eigenvalue weighted by Crippen LogP contribution is 2.23. The van der Waals surface area contributed by atoms with Gasteiger partial charge in [0.1, 0.15) is 5.82 Å². The summed E-state index contributed by atoms with van der Waals surface area (Å²) in [5.74, 6) is -0.273. The molecule has 94 valence electrons. The molecule has 1 saturated heterocycles. The number of hydrogen-bond donors (Lipinski definition) is 1. The molecule has 1 aromatic carbocycles. The zero-order valence-electron chi connectivity index (χ0n) is 9.34. The van der Waals surface area contributed by atoms with Gasteiger partial charge >= 0.3 is 0 Å². The van der Waals surface area contributed by atoms with Gasteiger partial charge in [-0.15, -0.1) is 0 Å². The van der Waals surface area contributed by atoms with Gasteiger partial charge in [0.05, 0.1) is 17.6 Å². The summed E-state index contributed by atoms with van der Waals surface area (Å²) < 4.78 is 35.2. The number of halogens is 1. The van der Waals surface area contributed by atoms with E-state index in [4.69, 9.17) is 0 Å². The highest BCUT2D eigenvalue weighted by Gasteiger charge is 2.32. The number of aliphatic hydroxyl groups excluding tert-OH is 1. The van der Waals surface area contributed by atoms with Crippen molar-refractivity contribution >= 4 is 9.84 Å². The van der Waals surface area contributed by atoms with Crippen molar-refractivity contribution in [2.45, 2.75) is 18.9 Å². The maximum absolute atomic E-state index is 12.7. The van der Waals surface area contributed by atoms with E-state index in [1.807, 2.05) is 0 Å². The van der Waals surface area contributed by atoms with Crippen LogP contribution in [0, 0.1) is 11.7 Å². The number of sulfone groups is 1. The lowest BCUT2D eigenvalue weighted by molar-refractivity contribution is 0.120. The predicted octanol–water partition coefficient (Wildman–Crippen LogP) is 1.16. The first-order chi connectivity index (χ1) is 7.96. The van der Waals surface area contributed by atoms with E-state index >= 15 is 0 Å². The third-order valence-electron chi connectivity index (χ3n) is 3.17. The molecule has 1 aliphatic heterocycles. The maximum Gasteiger partial charge on any atom is 0.150 e. The smallest absolute Gasteiger partial charge is 0.150 e. The molecule has 1 aromatic rings. The molecule has 2 atom stereocenters. The van der Waals surface area contributed by atoms with Crippen LogP contribution in [0.4, 0.5) is 4.39 Å². The molecule has 0 amide bonds. The highest BCUT2D eigenvalue weighted by molar-refractivity contribution is 7.91. The first-order valence-electron chi connectivity index (χ1n) is 5.59. The lowest BCUT2D eigenvalue weighted by atomic mass is 9.96. The zero-order chi connectivity index (χ0) is 12.5. The van der Waals surface area contributed by atoms with Gasteiger partial charge in [-0.05, 0) is 30.5 Å². The average molecular weight is 258 g/mol. The Morgan fingerprint density at radius 2 is 2.00 bits per heavy atom. The Kier molecular flexibility index (Phi) is 3.49. The molecule has 3 nitrogen and oxygen atoms in total. The molecule has 17 heavy (non-hydrogen) atoms. The second-order valence-electron chi connectivity index (χ2n) is 4.56. The van der Waals surface area contributed by atoms with Crippen LogP contribution in [0.2, 0.25) is 0 Å². The number of aliphatic hydroxyl groups is 1. The Morgan fingerprint density at radius 3 is 2.53 bits per heavy atom. The van der Waals surface area contributed by atoms with Crippen LogP contribution in [0.3, 0.4) is 0 Å². The van der Waals surface area contributed by atoms with Gasteiger partial charge in [0.25, 0.3) is 0 Å². The summed E-state index contributed by atoms with van der Waals surface area (Å²) >= 11 is 0. The quantitative estimate of drug-likeness (QED) is 0.885. The molecule has 0 spiro atoms. The Hall–Kier alpha value is -0.940. The summed E-state index contributed by atoms with van der Waals surface area (Å²) in [6.07, 6.45) is 0.225. The number of hydrogen-bond acceptors (Lipinski definition) is 3. The molecular weight excluding hydrogens is 243 g/mol. The molecule has 2 unspecified atom stereocenters. The van der Waals surface area contributed by atoms with Crippen LogP contribution in [-0.4, -0.2) is 31.1 Å². The van der Waals surface area contributed by atoms with Crippen molar-refractivity contribution in [1.82, 2.24) is 0 Å². The van der Waals surface area contributed by atoms with Crippen LogP contribution >= 0.6 is 0 Å². The summed E-state index contributed by atoms with van der Waals surface area (Å²) in [5.41, 5.74) is 0.822. The average Bonchev–Trinajstić information content (AvgIpc) is 2.62. The predicted molar refractivity (Wildman–Crippen MR) is 62.9 cm³/mol. The second kappa shape index (κ2) is 4.74. The minimum Gasteiger partial charge on any atom is -0.392 e. The molecule has 1 N–H and O–H groups in total. The van der Waals surface area contributed by atoms with Crippen LogP contribution in [-0.2, 0) is 16.3 Å². The summed E-state index contributed by atoms with van der Waals surface area (Å²) in [4.78, 5) is 0. The monoisotopic (exact) mass is 258 g/mol. The Bertz CT molecular complexity index is 481. The van der Waals surface area contributed by atoms with Crippen molar-refractivity contribution in [2.75, 3.05) is 11.5 Å². The third kappa shape index (κ3) is 3.26.